The summed E-state index contributed by atoms with van der Waals surface area (Å²) < 4.78 is 9.82. The van der Waals surface area contributed by atoms with Crippen molar-refractivity contribution in [2.75, 3.05) is 39.8 Å². The van der Waals surface area contributed by atoms with Crippen molar-refractivity contribution in [3.63, 3.8) is 0 Å². The molecule has 0 fully saturated rings. The lowest BCUT2D eigenvalue weighted by Gasteiger charge is -2.07. The van der Waals surface area contributed by atoms with Crippen LogP contribution in [0.5, 0.6) is 0 Å². The highest BCUT2D eigenvalue weighted by Gasteiger charge is 1.98. The third kappa shape index (κ3) is 13.0. The molecule has 0 spiro atoms. The highest BCUT2D eigenvalue weighted by atomic mass is 17.2. The molecule has 0 aliphatic rings. The van der Waals surface area contributed by atoms with Gasteiger partial charge in [-0.15, -0.1) is 0 Å². The van der Waals surface area contributed by atoms with E-state index < -0.39 is 6.09 Å². The van der Waals surface area contributed by atoms with Crippen molar-refractivity contribution < 1.29 is 24.0 Å². The molecule has 7 heteroatoms. The van der Waals surface area contributed by atoms with Gasteiger partial charge in [0.05, 0.1) is 19.9 Å². The third-order valence-corrected chi connectivity index (χ3v) is 1.55. The molecule has 1 amide bonds. The highest BCUT2D eigenvalue weighted by molar-refractivity contribution is 5.66. The predicted molar refractivity (Wildman–Crippen MR) is 61.2 cm³/mol. The molecule has 0 aromatic rings. The molecular formula is C10H22N2O5. The molecule has 17 heavy (non-hydrogen) atoms. The molecule has 0 aromatic heterocycles. The molecule has 0 saturated heterocycles. The summed E-state index contributed by atoms with van der Waals surface area (Å²) in [7, 11) is 0. The maximum atomic E-state index is 10.9. The highest BCUT2D eigenvalue weighted by Crippen LogP contribution is 1.81. The van der Waals surface area contributed by atoms with Crippen LogP contribution in [-0.2, 0) is 19.2 Å². The van der Waals surface area contributed by atoms with Gasteiger partial charge in [-0.2, -0.15) is 0 Å². The quantitative estimate of drug-likeness (QED) is 0.242. The Morgan fingerprint density at radius 3 is 2.65 bits per heavy atom. The van der Waals surface area contributed by atoms with Crippen LogP contribution in [0.4, 0.5) is 4.79 Å². The second-order valence-corrected chi connectivity index (χ2v) is 3.02. The van der Waals surface area contributed by atoms with Crippen LogP contribution in [-0.4, -0.2) is 45.9 Å². The lowest BCUT2D eigenvalue weighted by molar-refractivity contribution is -0.303. The second-order valence-electron chi connectivity index (χ2n) is 3.02. The average molecular weight is 250 g/mol. The predicted octanol–water partition coefficient (Wildman–Crippen LogP) is 0.612. The molecular weight excluding hydrogens is 228 g/mol. The van der Waals surface area contributed by atoms with Crippen molar-refractivity contribution >= 4 is 6.09 Å². The molecule has 7 nitrogen and oxygen atoms in total. The Bertz CT molecular complexity index is 180. The van der Waals surface area contributed by atoms with E-state index in [0.29, 0.717) is 26.4 Å². The molecule has 0 aromatic carbocycles. The van der Waals surface area contributed by atoms with Crippen molar-refractivity contribution in [2.24, 2.45) is 0 Å². The van der Waals surface area contributed by atoms with Crippen molar-refractivity contribution in [3.05, 3.63) is 0 Å². The Morgan fingerprint density at radius 1 is 1.12 bits per heavy atom. The first-order valence-corrected chi connectivity index (χ1v) is 5.74. The van der Waals surface area contributed by atoms with E-state index in [-0.39, 0.29) is 13.4 Å². The Balaban J connectivity index is 3.05. The van der Waals surface area contributed by atoms with Crippen molar-refractivity contribution in [1.82, 2.24) is 10.6 Å². The fourth-order valence-electron chi connectivity index (χ4n) is 0.811. The maximum Gasteiger partial charge on any atom is 0.408 e. The molecule has 0 aliphatic carbocycles. The van der Waals surface area contributed by atoms with Crippen molar-refractivity contribution in [3.8, 4) is 0 Å². The summed E-state index contributed by atoms with van der Waals surface area (Å²) in [6.07, 6.45) is 0.356. The van der Waals surface area contributed by atoms with Gasteiger partial charge in [0, 0.05) is 6.61 Å². The number of ether oxygens (including phenoxy) is 2. The number of carbonyl (C=O) groups excluding carboxylic acids is 1. The van der Waals surface area contributed by atoms with Gasteiger partial charge in [0.25, 0.3) is 0 Å². The lowest BCUT2D eigenvalue weighted by Crippen LogP contribution is -2.35. The zero-order valence-electron chi connectivity index (χ0n) is 10.5. The molecule has 0 heterocycles. The van der Waals surface area contributed by atoms with Crippen LogP contribution in [0.25, 0.3) is 0 Å². The fourth-order valence-corrected chi connectivity index (χ4v) is 0.811. The van der Waals surface area contributed by atoms with Gasteiger partial charge in [0.1, 0.15) is 13.3 Å². The molecule has 0 unspecified atom stereocenters. The lowest BCUT2D eigenvalue weighted by atomic mass is 10.5. The zero-order chi connectivity index (χ0) is 12.8. The number of hydrogen-bond acceptors (Lipinski definition) is 6. The normalized spacial score (nSPS) is 10.2. The minimum Gasteiger partial charge on any atom is -0.450 e. The van der Waals surface area contributed by atoms with E-state index in [1.54, 1.807) is 0 Å². The van der Waals surface area contributed by atoms with Gasteiger partial charge >= 0.3 is 6.09 Å². The van der Waals surface area contributed by atoms with Crippen LogP contribution in [0.1, 0.15) is 20.3 Å². The number of nitrogens with one attached hydrogen (secondary N) is 2. The first kappa shape index (κ1) is 16.1. The Kier molecular flexibility index (Phi) is 12.5. The van der Waals surface area contributed by atoms with E-state index in [0.717, 1.165) is 6.42 Å². The minimum absolute atomic E-state index is 0.181. The summed E-state index contributed by atoms with van der Waals surface area (Å²) in [5.74, 6) is 0. The maximum absolute atomic E-state index is 10.9. The van der Waals surface area contributed by atoms with Gasteiger partial charge in [-0.3, -0.25) is 5.32 Å². The van der Waals surface area contributed by atoms with E-state index in [1.165, 1.54) is 0 Å². The van der Waals surface area contributed by atoms with Crippen LogP contribution in [0.2, 0.25) is 0 Å². The molecule has 0 atom stereocenters. The number of rotatable bonds is 11. The van der Waals surface area contributed by atoms with Crippen molar-refractivity contribution in [2.45, 2.75) is 20.3 Å². The SMILES string of the molecule is CCCOC(=O)NCNCOOCCOCC. The first-order chi connectivity index (χ1) is 8.31. The molecule has 0 radical (unpaired) electrons. The molecule has 2 N–H and O–H groups in total. The Labute approximate surface area is 102 Å². The average Bonchev–Trinajstić information content (AvgIpc) is 2.34. The molecule has 102 valence electrons. The van der Waals surface area contributed by atoms with E-state index in [2.05, 4.69) is 10.6 Å². The molecule has 0 saturated carbocycles. The second kappa shape index (κ2) is 13.2. The van der Waals surface area contributed by atoms with Gasteiger partial charge in [0.15, 0.2) is 0 Å². The minimum atomic E-state index is -0.448. The monoisotopic (exact) mass is 250 g/mol. The number of carbonyl (C=O) groups is 1. The van der Waals surface area contributed by atoms with Crippen LogP contribution in [0.15, 0.2) is 0 Å². The van der Waals surface area contributed by atoms with Crippen LogP contribution >= 0.6 is 0 Å². The van der Waals surface area contributed by atoms with Crippen LogP contribution in [0.3, 0.4) is 0 Å². The van der Waals surface area contributed by atoms with E-state index in [9.17, 15) is 4.79 Å². The number of amides is 1. The van der Waals surface area contributed by atoms with E-state index >= 15 is 0 Å². The largest absolute Gasteiger partial charge is 0.450 e. The van der Waals surface area contributed by atoms with Gasteiger partial charge in [-0.25, -0.2) is 14.6 Å². The summed E-state index contributed by atoms with van der Waals surface area (Å²) in [6, 6.07) is 0. The first-order valence-electron chi connectivity index (χ1n) is 5.74. The topological polar surface area (TPSA) is 78.1 Å². The summed E-state index contributed by atoms with van der Waals surface area (Å²) in [5.41, 5.74) is 0. The van der Waals surface area contributed by atoms with Crippen LogP contribution in [0, 0.1) is 0 Å². The Morgan fingerprint density at radius 2 is 1.94 bits per heavy atom. The smallest absolute Gasteiger partial charge is 0.408 e. The van der Waals surface area contributed by atoms with Gasteiger partial charge in [-0.05, 0) is 13.3 Å². The molecule has 0 aliphatic heterocycles. The van der Waals surface area contributed by atoms with Gasteiger partial charge < -0.3 is 14.8 Å². The third-order valence-electron chi connectivity index (χ3n) is 1.55. The van der Waals surface area contributed by atoms with E-state index in [1.807, 2.05) is 13.8 Å². The van der Waals surface area contributed by atoms with E-state index in [4.69, 9.17) is 19.2 Å². The van der Waals surface area contributed by atoms with Crippen LogP contribution < -0.4 is 10.6 Å². The summed E-state index contributed by atoms with van der Waals surface area (Å²) in [5, 5.41) is 5.28. The summed E-state index contributed by atoms with van der Waals surface area (Å²) >= 11 is 0. The van der Waals surface area contributed by atoms with Gasteiger partial charge in [0.2, 0.25) is 0 Å². The Hall–Kier alpha value is -0.890. The zero-order valence-corrected chi connectivity index (χ0v) is 10.5. The number of alkyl carbamates (subject to hydrolysis) is 1. The summed E-state index contributed by atoms with van der Waals surface area (Å²) in [6.45, 7) is 6.23. The van der Waals surface area contributed by atoms with Gasteiger partial charge in [-0.1, -0.05) is 6.92 Å². The molecule has 0 bridgehead atoms. The van der Waals surface area contributed by atoms with Crippen molar-refractivity contribution in [1.29, 1.82) is 0 Å². The fraction of sp³-hybridized carbons (Fsp3) is 0.900. The standard InChI is InChI=1S/C10H22N2O5/c1-3-5-15-10(13)12-8-11-9-17-16-7-6-14-4-2/h11H,3-9H2,1-2H3,(H,12,13). The molecule has 0 rings (SSSR count). The number of hydrogen-bond donors (Lipinski definition) is 2. The summed E-state index contributed by atoms with van der Waals surface area (Å²) in [4.78, 5) is 20.5.